The van der Waals surface area contributed by atoms with Crippen LogP contribution in [0, 0.1) is 17.6 Å². The van der Waals surface area contributed by atoms with E-state index in [1.54, 1.807) is 6.07 Å². The molecule has 1 atom stereocenters. The molecule has 1 aliphatic heterocycles. The molecule has 0 amide bonds. The molecule has 2 N–H and O–H groups in total. The number of nitrogens with two attached hydrogens (primary N) is 1. The summed E-state index contributed by atoms with van der Waals surface area (Å²) in [4.78, 5) is 1.77. The molecule has 0 bridgehead atoms. The van der Waals surface area contributed by atoms with Gasteiger partial charge >= 0.3 is 0 Å². The van der Waals surface area contributed by atoms with Gasteiger partial charge < -0.3 is 10.6 Å². The Balaban J connectivity index is 2.30. The first-order valence-corrected chi connectivity index (χ1v) is 6.48. The fraction of sp³-hybridized carbons (Fsp3) is 0.462. The first-order valence-electron chi connectivity index (χ1n) is 6.07. The quantitative estimate of drug-likeness (QED) is 0.856. The Kier molecular flexibility index (Phi) is 3.80. The molecule has 2 rings (SSSR count). The fourth-order valence-corrected chi connectivity index (χ4v) is 2.52. The number of nitrogens with zero attached hydrogens (tertiary/aromatic N) is 1. The molecule has 2 nitrogen and oxygen atoms in total. The molecule has 0 aromatic heterocycles. The van der Waals surface area contributed by atoms with Crippen molar-refractivity contribution in [3.8, 4) is 0 Å². The van der Waals surface area contributed by atoms with Gasteiger partial charge in [0.15, 0.2) is 11.6 Å². The second-order valence-corrected chi connectivity index (χ2v) is 5.07. The lowest BCUT2D eigenvalue weighted by Crippen LogP contribution is -2.22. The van der Waals surface area contributed by atoms with Crippen LogP contribution in [0.1, 0.15) is 25.3 Å². The lowest BCUT2D eigenvalue weighted by atomic mass is 10.1. The van der Waals surface area contributed by atoms with E-state index in [0.717, 1.165) is 25.9 Å². The molecule has 1 aliphatic rings. The lowest BCUT2D eigenvalue weighted by molar-refractivity contribution is 0.505. The Morgan fingerprint density at radius 3 is 2.72 bits per heavy atom. The molecule has 5 heteroatoms. The van der Waals surface area contributed by atoms with E-state index >= 15 is 0 Å². The molecule has 98 valence electrons. The number of benzene rings is 1. The molecule has 1 aromatic carbocycles. The predicted molar refractivity (Wildman–Crippen MR) is 72.9 cm³/mol. The first-order chi connectivity index (χ1) is 8.54. The molecular formula is C13H16F2N2S. The Bertz CT molecular complexity index is 476. The van der Waals surface area contributed by atoms with Gasteiger partial charge in [0.1, 0.15) is 4.99 Å². The van der Waals surface area contributed by atoms with Crippen LogP contribution < -0.4 is 10.6 Å². The minimum Gasteiger partial charge on any atom is -0.389 e. The smallest absolute Gasteiger partial charge is 0.182 e. The molecule has 0 spiro atoms. The molecule has 0 aliphatic carbocycles. The number of anilines is 1. The summed E-state index contributed by atoms with van der Waals surface area (Å²) in [5, 5.41) is 0. The SMILES string of the molecule is CCC1CCN(c2ccc(C(N)=S)c(F)c2F)C1. The van der Waals surface area contributed by atoms with E-state index in [-0.39, 0.29) is 10.6 Å². The van der Waals surface area contributed by atoms with Crippen molar-refractivity contribution in [1.29, 1.82) is 0 Å². The van der Waals surface area contributed by atoms with Crippen molar-refractivity contribution in [1.82, 2.24) is 0 Å². The second-order valence-electron chi connectivity index (χ2n) is 4.63. The van der Waals surface area contributed by atoms with Gasteiger partial charge in [0.25, 0.3) is 0 Å². The summed E-state index contributed by atoms with van der Waals surface area (Å²) < 4.78 is 27.7. The molecule has 18 heavy (non-hydrogen) atoms. The normalized spacial score (nSPS) is 19.3. The van der Waals surface area contributed by atoms with Gasteiger partial charge in [0.2, 0.25) is 0 Å². The van der Waals surface area contributed by atoms with Gasteiger partial charge in [-0.1, -0.05) is 25.6 Å². The minimum atomic E-state index is -0.944. The number of hydrogen-bond acceptors (Lipinski definition) is 2. The molecule has 1 saturated heterocycles. The van der Waals surface area contributed by atoms with E-state index in [1.165, 1.54) is 6.07 Å². The highest BCUT2D eigenvalue weighted by Crippen LogP contribution is 2.29. The summed E-state index contributed by atoms with van der Waals surface area (Å²) in [5.41, 5.74) is 5.62. The van der Waals surface area contributed by atoms with Crippen LogP contribution in [-0.2, 0) is 0 Å². The van der Waals surface area contributed by atoms with Crippen molar-refractivity contribution in [2.45, 2.75) is 19.8 Å². The van der Waals surface area contributed by atoms with Crippen LogP contribution in [0.5, 0.6) is 0 Å². The van der Waals surface area contributed by atoms with Crippen molar-refractivity contribution in [2.75, 3.05) is 18.0 Å². The minimum absolute atomic E-state index is 0.0301. The van der Waals surface area contributed by atoms with E-state index in [9.17, 15) is 8.78 Å². The molecule has 0 saturated carbocycles. The van der Waals surface area contributed by atoms with Crippen LogP contribution in [0.15, 0.2) is 12.1 Å². The van der Waals surface area contributed by atoms with Crippen LogP contribution in [0.4, 0.5) is 14.5 Å². The van der Waals surface area contributed by atoms with Gasteiger partial charge in [0, 0.05) is 18.7 Å². The lowest BCUT2D eigenvalue weighted by Gasteiger charge is -2.20. The van der Waals surface area contributed by atoms with E-state index < -0.39 is 11.6 Å². The highest BCUT2D eigenvalue weighted by Gasteiger charge is 2.25. The van der Waals surface area contributed by atoms with Crippen LogP contribution in [0.2, 0.25) is 0 Å². The third-order valence-electron chi connectivity index (χ3n) is 3.53. The summed E-state index contributed by atoms with van der Waals surface area (Å²) in [5.74, 6) is -1.24. The zero-order valence-electron chi connectivity index (χ0n) is 10.2. The zero-order chi connectivity index (χ0) is 13.3. The average Bonchev–Trinajstić information content (AvgIpc) is 2.80. The Morgan fingerprint density at radius 1 is 1.44 bits per heavy atom. The van der Waals surface area contributed by atoms with E-state index in [4.69, 9.17) is 5.73 Å². The highest BCUT2D eigenvalue weighted by molar-refractivity contribution is 7.80. The van der Waals surface area contributed by atoms with Gasteiger partial charge in [-0.15, -0.1) is 0 Å². The Labute approximate surface area is 111 Å². The molecule has 0 radical (unpaired) electrons. The van der Waals surface area contributed by atoms with Gasteiger partial charge in [0.05, 0.1) is 5.69 Å². The number of halogens is 2. The van der Waals surface area contributed by atoms with E-state index in [2.05, 4.69) is 19.1 Å². The second kappa shape index (κ2) is 5.18. The summed E-state index contributed by atoms with van der Waals surface area (Å²) in [6.07, 6.45) is 2.08. The number of hydrogen-bond donors (Lipinski definition) is 1. The maximum atomic E-state index is 14.0. The van der Waals surface area contributed by atoms with Gasteiger partial charge in [-0.25, -0.2) is 8.78 Å². The van der Waals surface area contributed by atoms with Crippen molar-refractivity contribution in [3.05, 3.63) is 29.3 Å². The first kappa shape index (κ1) is 13.2. The van der Waals surface area contributed by atoms with Crippen LogP contribution in [0.3, 0.4) is 0 Å². The van der Waals surface area contributed by atoms with E-state index in [1.807, 2.05) is 4.90 Å². The van der Waals surface area contributed by atoms with Crippen molar-refractivity contribution in [2.24, 2.45) is 11.7 Å². The number of thiocarbonyl (C=S) groups is 1. The molecule has 1 aromatic rings. The number of rotatable bonds is 3. The summed E-state index contributed by atoms with van der Waals surface area (Å²) in [6.45, 7) is 3.65. The van der Waals surface area contributed by atoms with Crippen molar-refractivity contribution >= 4 is 22.9 Å². The Morgan fingerprint density at radius 2 is 2.17 bits per heavy atom. The molecule has 1 heterocycles. The third-order valence-corrected chi connectivity index (χ3v) is 3.75. The summed E-state index contributed by atoms with van der Waals surface area (Å²) >= 11 is 4.68. The predicted octanol–water partition coefficient (Wildman–Crippen LogP) is 2.84. The topological polar surface area (TPSA) is 29.3 Å². The maximum Gasteiger partial charge on any atom is 0.182 e. The van der Waals surface area contributed by atoms with Gasteiger partial charge in [-0.05, 0) is 24.5 Å². The fourth-order valence-electron chi connectivity index (χ4n) is 2.36. The zero-order valence-corrected chi connectivity index (χ0v) is 11.1. The van der Waals surface area contributed by atoms with Crippen LogP contribution >= 0.6 is 12.2 Å². The molecule has 1 unspecified atom stereocenters. The summed E-state index contributed by atoms with van der Waals surface area (Å²) in [6, 6.07) is 3.01. The molecular weight excluding hydrogens is 254 g/mol. The standard InChI is InChI=1S/C13H16F2N2S/c1-2-8-5-6-17(7-8)10-4-3-9(13(16)18)11(14)12(10)15/h3-4,8H,2,5-7H2,1H3,(H2,16,18). The largest absolute Gasteiger partial charge is 0.389 e. The highest BCUT2D eigenvalue weighted by atomic mass is 32.1. The third kappa shape index (κ3) is 2.32. The van der Waals surface area contributed by atoms with Crippen LogP contribution in [-0.4, -0.2) is 18.1 Å². The summed E-state index contributed by atoms with van der Waals surface area (Å²) in [7, 11) is 0. The monoisotopic (exact) mass is 270 g/mol. The van der Waals surface area contributed by atoms with Gasteiger partial charge in [-0.3, -0.25) is 0 Å². The molecule has 1 fully saturated rings. The van der Waals surface area contributed by atoms with Crippen molar-refractivity contribution < 1.29 is 8.78 Å². The average molecular weight is 270 g/mol. The van der Waals surface area contributed by atoms with E-state index in [0.29, 0.717) is 11.6 Å². The van der Waals surface area contributed by atoms with Gasteiger partial charge in [-0.2, -0.15) is 0 Å². The maximum absolute atomic E-state index is 14.0. The Hall–Kier alpha value is -1.23. The van der Waals surface area contributed by atoms with Crippen molar-refractivity contribution in [3.63, 3.8) is 0 Å². The van der Waals surface area contributed by atoms with Crippen LogP contribution in [0.25, 0.3) is 0 Å².